The highest BCUT2D eigenvalue weighted by atomic mass is 16.4. The van der Waals surface area contributed by atoms with Crippen LogP contribution in [0.5, 0.6) is 0 Å². The van der Waals surface area contributed by atoms with Crippen molar-refractivity contribution >= 4 is 5.97 Å². The van der Waals surface area contributed by atoms with Crippen molar-refractivity contribution in [3.8, 4) is 0 Å². The molecule has 4 nitrogen and oxygen atoms in total. The van der Waals surface area contributed by atoms with E-state index in [0.717, 1.165) is 6.42 Å². The average molecular weight is 383 g/mol. The van der Waals surface area contributed by atoms with Gasteiger partial charge in [0.1, 0.15) is 18.6 Å². The van der Waals surface area contributed by atoms with E-state index in [1.807, 2.05) is 27.2 Å². The van der Waals surface area contributed by atoms with Crippen LogP contribution in [0.4, 0.5) is 0 Å². The number of hydrogen-bond donors (Lipinski definition) is 2. The highest BCUT2D eigenvalue weighted by Gasteiger charge is 2.28. The maximum absolute atomic E-state index is 11.3. The molecule has 4 heteroatoms. The molecule has 2 unspecified atom stereocenters. The van der Waals surface area contributed by atoms with Crippen molar-refractivity contribution in [3.05, 3.63) is 24.3 Å². The highest BCUT2D eigenvalue weighted by molar-refractivity contribution is 5.73. The quantitative estimate of drug-likeness (QED) is 0.207. The normalized spacial score (nSPS) is 14.9. The zero-order chi connectivity index (χ0) is 20.5. The first-order valence-corrected chi connectivity index (χ1v) is 10.8. The lowest BCUT2D eigenvalue weighted by molar-refractivity contribution is -0.873. The second-order valence-corrected chi connectivity index (χ2v) is 8.69. The number of aliphatic hydroxyl groups is 1. The largest absolute Gasteiger partial charge is 0.481 e. The highest BCUT2D eigenvalue weighted by Crippen LogP contribution is 2.12. The summed E-state index contributed by atoms with van der Waals surface area (Å²) in [4.78, 5) is 11.3. The molecule has 0 saturated heterocycles. The van der Waals surface area contributed by atoms with Crippen molar-refractivity contribution in [2.45, 2.75) is 83.7 Å². The molecule has 27 heavy (non-hydrogen) atoms. The molecule has 0 aliphatic heterocycles. The third-order valence-corrected chi connectivity index (χ3v) is 4.72. The summed E-state index contributed by atoms with van der Waals surface area (Å²) in [6.45, 7) is 2.66. The van der Waals surface area contributed by atoms with Gasteiger partial charge in [0.05, 0.1) is 21.1 Å². The number of allylic oxidation sites excluding steroid dienone is 3. The van der Waals surface area contributed by atoms with Gasteiger partial charge in [-0.15, -0.1) is 0 Å². The van der Waals surface area contributed by atoms with E-state index in [-0.39, 0.29) is 0 Å². The minimum atomic E-state index is -0.977. The van der Waals surface area contributed by atoms with Crippen molar-refractivity contribution in [1.29, 1.82) is 0 Å². The summed E-state index contributed by atoms with van der Waals surface area (Å²) in [5, 5.41) is 19.4. The molecule has 0 amide bonds. The van der Waals surface area contributed by atoms with Gasteiger partial charge < -0.3 is 14.7 Å². The number of quaternary nitrogens is 1. The molecule has 0 heterocycles. The molecular weight excluding hydrogens is 338 g/mol. The molecule has 0 spiro atoms. The number of nitrogens with zero attached hydrogens (tertiary/aromatic N) is 1. The maximum Gasteiger partial charge on any atom is 0.313 e. The van der Waals surface area contributed by atoms with E-state index in [4.69, 9.17) is 0 Å². The lowest BCUT2D eigenvalue weighted by atomic mass is 10.0. The van der Waals surface area contributed by atoms with E-state index in [9.17, 15) is 15.0 Å². The third-order valence-electron chi connectivity index (χ3n) is 4.72. The standard InChI is InChI=1S/C23H43NO3/c1-5-6-7-8-9-10-11-12-13-14-15-16-17-18-19-21(23(26)27)22(25)20-24(2,3)4/h16-19,21-22,25H,5-15,20H2,1-4H3/p+1. The number of likely N-dealkylation sites (N-methyl/N-ethyl adjacent to an activating group) is 1. The SMILES string of the molecule is CCCCCCCCCCCCC=CC=CC(C(=O)O)C(O)C[N+](C)(C)C. The molecule has 0 radical (unpaired) electrons. The van der Waals surface area contributed by atoms with Gasteiger partial charge in [0, 0.05) is 0 Å². The van der Waals surface area contributed by atoms with Crippen LogP contribution >= 0.6 is 0 Å². The van der Waals surface area contributed by atoms with Crippen LogP contribution < -0.4 is 0 Å². The molecular formula is C23H44NO3+. The molecule has 2 N–H and O–H groups in total. The molecule has 158 valence electrons. The van der Waals surface area contributed by atoms with Crippen LogP contribution in [0.3, 0.4) is 0 Å². The Hall–Kier alpha value is -1.13. The predicted molar refractivity (Wildman–Crippen MR) is 115 cm³/mol. The molecule has 0 rings (SSSR count). The average Bonchev–Trinajstić information content (AvgIpc) is 2.56. The van der Waals surface area contributed by atoms with Gasteiger partial charge in [-0.2, -0.15) is 0 Å². The topological polar surface area (TPSA) is 57.5 Å². The number of carbonyl (C=O) groups is 1. The fourth-order valence-corrected chi connectivity index (χ4v) is 3.16. The Morgan fingerprint density at radius 3 is 1.89 bits per heavy atom. The van der Waals surface area contributed by atoms with Gasteiger partial charge in [-0.25, -0.2) is 0 Å². The lowest BCUT2D eigenvalue weighted by Gasteiger charge is -2.28. The number of carboxylic acids is 1. The molecule has 0 aromatic rings. The van der Waals surface area contributed by atoms with E-state index in [1.165, 1.54) is 64.2 Å². The fourth-order valence-electron chi connectivity index (χ4n) is 3.16. The Morgan fingerprint density at radius 2 is 1.41 bits per heavy atom. The van der Waals surface area contributed by atoms with E-state index in [1.54, 1.807) is 12.2 Å². The zero-order valence-electron chi connectivity index (χ0n) is 18.2. The second kappa shape index (κ2) is 15.9. The Labute approximate surface area is 167 Å². The van der Waals surface area contributed by atoms with Gasteiger partial charge in [-0.05, 0) is 12.8 Å². The minimum absolute atomic E-state index is 0.406. The van der Waals surface area contributed by atoms with Gasteiger partial charge in [0.15, 0.2) is 0 Å². The van der Waals surface area contributed by atoms with Crippen LogP contribution in [-0.4, -0.2) is 54.5 Å². The summed E-state index contributed by atoms with van der Waals surface area (Å²) in [5.74, 6) is -1.83. The molecule has 0 aromatic carbocycles. The van der Waals surface area contributed by atoms with Crippen LogP contribution in [0.25, 0.3) is 0 Å². The van der Waals surface area contributed by atoms with Crippen LogP contribution in [0.15, 0.2) is 24.3 Å². The Balaban J connectivity index is 3.85. The molecule has 0 aliphatic carbocycles. The fraction of sp³-hybridized carbons (Fsp3) is 0.783. The summed E-state index contributed by atoms with van der Waals surface area (Å²) < 4.78 is 0.535. The molecule has 0 fully saturated rings. The van der Waals surface area contributed by atoms with Crippen LogP contribution in [0.1, 0.15) is 77.6 Å². The Bertz CT molecular complexity index is 424. The number of aliphatic hydroxyl groups excluding tert-OH is 1. The number of rotatable bonds is 17. The first kappa shape index (κ1) is 25.9. The summed E-state index contributed by atoms with van der Waals surface area (Å²) in [6.07, 6.45) is 20.8. The summed E-state index contributed by atoms with van der Waals surface area (Å²) in [6, 6.07) is 0. The number of aliphatic carboxylic acids is 1. The Kier molecular flexibility index (Phi) is 15.2. The molecule has 0 aromatic heterocycles. The first-order valence-electron chi connectivity index (χ1n) is 10.8. The van der Waals surface area contributed by atoms with Crippen molar-refractivity contribution in [3.63, 3.8) is 0 Å². The van der Waals surface area contributed by atoms with Crippen molar-refractivity contribution in [1.82, 2.24) is 0 Å². The second-order valence-electron chi connectivity index (χ2n) is 8.69. The Morgan fingerprint density at radius 1 is 0.889 bits per heavy atom. The van der Waals surface area contributed by atoms with Crippen molar-refractivity contribution in [2.75, 3.05) is 27.7 Å². The van der Waals surface area contributed by atoms with Gasteiger partial charge in [-0.1, -0.05) is 89.0 Å². The van der Waals surface area contributed by atoms with Crippen molar-refractivity contribution < 1.29 is 19.5 Å². The number of carboxylic acid groups (broad SMARTS) is 1. The van der Waals surface area contributed by atoms with Gasteiger partial charge in [0.2, 0.25) is 0 Å². The summed E-state index contributed by atoms with van der Waals surface area (Å²) >= 11 is 0. The van der Waals surface area contributed by atoms with Crippen molar-refractivity contribution in [2.24, 2.45) is 5.92 Å². The zero-order valence-corrected chi connectivity index (χ0v) is 18.2. The number of hydrogen-bond acceptors (Lipinski definition) is 2. The van der Waals surface area contributed by atoms with Gasteiger partial charge in [0.25, 0.3) is 0 Å². The monoisotopic (exact) mass is 382 g/mol. The molecule has 0 bridgehead atoms. The summed E-state index contributed by atoms with van der Waals surface area (Å²) in [5.41, 5.74) is 0. The van der Waals surface area contributed by atoms with Gasteiger partial charge in [-0.3, -0.25) is 4.79 Å². The van der Waals surface area contributed by atoms with Gasteiger partial charge >= 0.3 is 5.97 Å². The number of unbranched alkanes of at least 4 members (excludes halogenated alkanes) is 10. The van der Waals surface area contributed by atoms with E-state index < -0.39 is 18.0 Å². The van der Waals surface area contributed by atoms with E-state index in [0.29, 0.717) is 11.0 Å². The maximum atomic E-state index is 11.3. The predicted octanol–water partition coefficient (Wildman–Crippen LogP) is 5.18. The first-order chi connectivity index (χ1) is 12.8. The minimum Gasteiger partial charge on any atom is -0.481 e. The molecule has 2 atom stereocenters. The molecule has 0 saturated carbocycles. The van der Waals surface area contributed by atoms with E-state index >= 15 is 0 Å². The smallest absolute Gasteiger partial charge is 0.313 e. The van der Waals surface area contributed by atoms with Crippen LogP contribution in [0, 0.1) is 5.92 Å². The lowest BCUT2D eigenvalue weighted by Crippen LogP contribution is -2.45. The van der Waals surface area contributed by atoms with Crippen LogP contribution in [0.2, 0.25) is 0 Å². The third kappa shape index (κ3) is 16.7. The van der Waals surface area contributed by atoms with Crippen LogP contribution in [-0.2, 0) is 4.79 Å². The van der Waals surface area contributed by atoms with E-state index in [2.05, 4.69) is 13.0 Å². The summed E-state index contributed by atoms with van der Waals surface area (Å²) in [7, 11) is 5.83. The molecule has 0 aliphatic rings.